The Morgan fingerprint density at radius 2 is 1.33 bits per heavy atom. The van der Waals surface area contributed by atoms with Crippen LogP contribution in [0.15, 0.2) is 0 Å². The highest BCUT2D eigenvalue weighted by molar-refractivity contribution is 6.71. The van der Waals surface area contributed by atoms with Gasteiger partial charge in [0.15, 0.2) is 8.32 Å². The number of rotatable bonds is 12. The molecule has 0 aliphatic carbocycles. The fourth-order valence-corrected chi connectivity index (χ4v) is 5.88. The summed E-state index contributed by atoms with van der Waals surface area (Å²) in [7, 11) is -1.25. The van der Waals surface area contributed by atoms with Gasteiger partial charge in [0.25, 0.3) is 0 Å². The van der Waals surface area contributed by atoms with Crippen LogP contribution in [0.5, 0.6) is 0 Å². The van der Waals surface area contributed by atoms with E-state index in [2.05, 4.69) is 20.0 Å². The maximum atomic E-state index is 6.30. The molecule has 0 radical (unpaired) electrons. The molecule has 21 heavy (non-hydrogen) atoms. The van der Waals surface area contributed by atoms with Crippen LogP contribution in [0.4, 0.5) is 0 Å². The van der Waals surface area contributed by atoms with Crippen LogP contribution in [-0.4, -0.2) is 14.4 Å². The molecule has 0 spiro atoms. The Morgan fingerprint density at radius 1 is 0.810 bits per heavy atom. The first kappa shape index (κ1) is 19.2. The molecule has 1 fully saturated rings. The van der Waals surface area contributed by atoms with Gasteiger partial charge in [-0.05, 0) is 32.0 Å². The Kier molecular flexibility index (Phi) is 10.7. The Bertz CT molecular complexity index is 240. The summed E-state index contributed by atoms with van der Waals surface area (Å²) in [5.74, 6) is 0. The summed E-state index contributed by atoms with van der Waals surface area (Å²) >= 11 is 0. The first-order valence-corrected chi connectivity index (χ1v) is 12.9. The molecule has 1 heterocycles. The predicted octanol–water partition coefficient (Wildman–Crippen LogP) is 7.07. The summed E-state index contributed by atoms with van der Waals surface area (Å²) in [6, 6.07) is 1.38. The molecule has 0 amide bonds. The van der Waals surface area contributed by atoms with Crippen LogP contribution in [0, 0.1) is 0 Å². The third-order valence-corrected chi connectivity index (χ3v) is 7.45. The van der Waals surface area contributed by atoms with Crippen molar-refractivity contribution in [1.82, 2.24) is 0 Å². The number of unbranched alkanes of at least 4 members (excludes halogenated alkanes) is 10. The van der Waals surface area contributed by atoms with Gasteiger partial charge in [0.05, 0.1) is 0 Å². The van der Waals surface area contributed by atoms with Crippen molar-refractivity contribution in [2.45, 2.75) is 122 Å². The van der Waals surface area contributed by atoms with Gasteiger partial charge in [-0.1, -0.05) is 84.0 Å². The average molecular weight is 313 g/mol. The molecule has 0 aromatic rings. The molecule has 1 aliphatic rings. The molecule has 0 bridgehead atoms. The van der Waals surface area contributed by atoms with E-state index in [1.54, 1.807) is 0 Å². The zero-order valence-electron chi connectivity index (χ0n) is 15.1. The van der Waals surface area contributed by atoms with Gasteiger partial charge in [0.2, 0.25) is 0 Å². The molecular weight excluding hydrogens is 272 g/mol. The zero-order chi connectivity index (χ0) is 15.4. The molecule has 0 saturated carbocycles. The predicted molar refractivity (Wildman–Crippen MR) is 97.5 cm³/mol. The lowest BCUT2D eigenvalue weighted by atomic mass is 10.0. The second kappa shape index (κ2) is 11.7. The number of hydrogen-bond acceptors (Lipinski definition) is 1. The monoisotopic (exact) mass is 312 g/mol. The van der Waals surface area contributed by atoms with Crippen molar-refractivity contribution < 1.29 is 4.43 Å². The fraction of sp³-hybridized carbons (Fsp3) is 1.00. The van der Waals surface area contributed by atoms with Crippen molar-refractivity contribution in [3.63, 3.8) is 0 Å². The van der Waals surface area contributed by atoms with Gasteiger partial charge in [0, 0.05) is 6.10 Å². The highest BCUT2D eigenvalue weighted by Gasteiger charge is 2.30. The average Bonchev–Trinajstić information content (AvgIpc) is 2.44. The molecule has 1 rings (SSSR count). The van der Waals surface area contributed by atoms with E-state index in [4.69, 9.17) is 4.43 Å². The Morgan fingerprint density at radius 3 is 1.86 bits per heavy atom. The van der Waals surface area contributed by atoms with Gasteiger partial charge in [-0.3, -0.25) is 0 Å². The first-order chi connectivity index (χ1) is 10.1. The van der Waals surface area contributed by atoms with Gasteiger partial charge < -0.3 is 4.43 Å². The summed E-state index contributed by atoms with van der Waals surface area (Å²) in [4.78, 5) is 0. The molecule has 1 unspecified atom stereocenters. The zero-order valence-corrected chi connectivity index (χ0v) is 16.1. The van der Waals surface area contributed by atoms with Gasteiger partial charge in [-0.15, -0.1) is 0 Å². The quantitative estimate of drug-likeness (QED) is 0.276. The van der Waals surface area contributed by atoms with Crippen molar-refractivity contribution in [2.24, 2.45) is 0 Å². The topological polar surface area (TPSA) is 9.23 Å². The molecule has 1 atom stereocenters. The van der Waals surface area contributed by atoms with Gasteiger partial charge in [-0.25, -0.2) is 0 Å². The lowest BCUT2D eigenvalue weighted by Gasteiger charge is -2.34. The highest BCUT2D eigenvalue weighted by Crippen LogP contribution is 2.28. The summed E-state index contributed by atoms with van der Waals surface area (Å²) in [5, 5.41) is 0. The normalized spacial score (nSPS) is 21.6. The minimum absolute atomic E-state index is 0.610. The fourth-order valence-electron chi connectivity index (χ4n) is 3.56. The molecule has 0 N–H and O–H groups in total. The third-order valence-electron chi connectivity index (χ3n) is 4.92. The Labute approximate surface area is 135 Å². The van der Waals surface area contributed by atoms with E-state index in [0.717, 1.165) is 0 Å². The van der Waals surface area contributed by atoms with Crippen LogP contribution >= 0.6 is 0 Å². The highest BCUT2D eigenvalue weighted by atomic mass is 28.4. The summed E-state index contributed by atoms with van der Waals surface area (Å²) in [6.45, 7) is 7.07. The Hall–Kier alpha value is 0.177. The Balaban J connectivity index is 1.82. The first-order valence-electron chi connectivity index (χ1n) is 9.82. The lowest BCUT2D eigenvalue weighted by molar-refractivity contribution is 0.148. The van der Waals surface area contributed by atoms with Crippen molar-refractivity contribution in [3.05, 3.63) is 0 Å². The molecule has 126 valence electrons. The van der Waals surface area contributed by atoms with Gasteiger partial charge in [-0.2, -0.15) is 0 Å². The smallest absolute Gasteiger partial charge is 0.187 e. The minimum atomic E-state index is -1.25. The van der Waals surface area contributed by atoms with Crippen LogP contribution in [0.25, 0.3) is 0 Å². The molecular formula is C19H40OSi. The van der Waals surface area contributed by atoms with E-state index in [1.807, 2.05) is 0 Å². The number of hydrogen-bond donors (Lipinski definition) is 0. The molecule has 1 nitrogen and oxygen atoms in total. The van der Waals surface area contributed by atoms with Crippen LogP contribution in [0.1, 0.15) is 96.8 Å². The largest absolute Gasteiger partial charge is 0.414 e. The second-order valence-electron chi connectivity index (χ2n) is 7.72. The van der Waals surface area contributed by atoms with E-state index in [9.17, 15) is 0 Å². The van der Waals surface area contributed by atoms with E-state index in [-0.39, 0.29) is 0 Å². The maximum absolute atomic E-state index is 6.30. The summed E-state index contributed by atoms with van der Waals surface area (Å²) < 4.78 is 6.30. The van der Waals surface area contributed by atoms with E-state index >= 15 is 0 Å². The minimum Gasteiger partial charge on any atom is -0.414 e. The SMILES string of the molecule is CCCCCCCCCCCCCC1CCC[Si](C)(C)O1. The second-order valence-corrected chi connectivity index (χ2v) is 12.0. The molecule has 2 heteroatoms. The van der Waals surface area contributed by atoms with Crippen molar-refractivity contribution >= 4 is 8.32 Å². The van der Waals surface area contributed by atoms with Gasteiger partial charge >= 0.3 is 0 Å². The van der Waals surface area contributed by atoms with E-state index < -0.39 is 8.32 Å². The van der Waals surface area contributed by atoms with Crippen molar-refractivity contribution in [2.75, 3.05) is 0 Å². The lowest BCUT2D eigenvalue weighted by Crippen LogP contribution is -2.39. The van der Waals surface area contributed by atoms with Crippen molar-refractivity contribution in [1.29, 1.82) is 0 Å². The van der Waals surface area contributed by atoms with E-state index in [0.29, 0.717) is 6.10 Å². The van der Waals surface area contributed by atoms with E-state index in [1.165, 1.54) is 95.9 Å². The third kappa shape index (κ3) is 10.5. The standard InChI is InChI=1S/C19H40OSi/c1-4-5-6-7-8-9-10-11-12-13-14-16-19-17-15-18-21(2,3)20-19/h19H,4-18H2,1-3H3. The molecule has 1 saturated heterocycles. The van der Waals surface area contributed by atoms with Gasteiger partial charge in [0.1, 0.15) is 0 Å². The molecule has 1 aliphatic heterocycles. The molecule has 0 aromatic heterocycles. The van der Waals surface area contributed by atoms with Crippen molar-refractivity contribution in [3.8, 4) is 0 Å². The van der Waals surface area contributed by atoms with Crippen LogP contribution in [0.2, 0.25) is 19.1 Å². The van der Waals surface area contributed by atoms with Crippen LogP contribution in [-0.2, 0) is 4.43 Å². The maximum Gasteiger partial charge on any atom is 0.187 e. The van der Waals surface area contributed by atoms with Crippen LogP contribution in [0.3, 0.4) is 0 Å². The molecule has 0 aromatic carbocycles. The summed E-state index contributed by atoms with van der Waals surface area (Å²) in [6.07, 6.45) is 20.5. The summed E-state index contributed by atoms with van der Waals surface area (Å²) in [5.41, 5.74) is 0. The van der Waals surface area contributed by atoms with Crippen LogP contribution < -0.4 is 0 Å².